The van der Waals surface area contributed by atoms with Crippen molar-refractivity contribution in [2.45, 2.75) is 43.4 Å². The van der Waals surface area contributed by atoms with Crippen LogP contribution in [0.1, 0.15) is 25.0 Å². The molecule has 1 fully saturated rings. The number of hydrogen-bond acceptors (Lipinski definition) is 4. The molecule has 0 saturated carbocycles. The molecule has 1 aromatic heterocycles. The van der Waals surface area contributed by atoms with E-state index in [0.29, 0.717) is 29.4 Å². The van der Waals surface area contributed by atoms with Gasteiger partial charge in [0.1, 0.15) is 16.8 Å². The Kier molecular flexibility index (Phi) is 6.47. The Hall–Kier alpha value is -2.46. The van der Waals surface area contributed by atoms with Crippen molar-refractivity contribution in [1.29, 1.82) is 0 Å². The second-order valence-corrected chi connectivity index (χ2v) is 8.62. The third-order valence-electron chi connectivity index (χ3n) is 5.24. The maximum absolute atomic E-state index is 13.1. The number of carboxylic acids is 1. The molecule has 162 valence electrons. The maximum atomic E-state index is 13.1. The Labute approximate surface area is 174 Å². The molecule has 3 atom stereocenters. The van der Waals surface area contributed by atoms with Crippen molar-refractivity contribution in [2.75, 3.05) is 18.0 Å². The van der Waals surface area contributed by atoms with Crippen LogP contribution in [0.15, 0.2) is 47.5 Å². The lowest BCUT2D eigenvalue weighted by molar-refractivity contribution is -0.138. The van der Waals surface area contributed by atoms with E-state index in [0.717, 1.165) is 12.3 Å². The molecule has 30 heavy (non-hydrogen) atoms. The van der Waals surface area contributed by atoms with Crippen LogP contribution in [-0.2, 0) is 28.4 Å². The second kappa shape index (κ2) is 8.73. The number of carbonyl (C=O) groups is 1. The second-order valence-electron chi connectivity index (χ2n) is 7.19. The van der Waals surface area contributed by atoms with Crippen LogP contribution in [0, 0.1) is 0 Å². The molecule has 0 spiro atoms. The van der Waals surface area contributed by atoms with Gasteiger partial charge in [0.05, 0.1) is 16.9 Å². The molecule has 3 rings (SSSR count). The summed E-state index contributed by atoms with van der Waals surface area (Å²) in [7, 11) is -1.49. The molecule has 6 nitrogen and oxygen atoms in total. The average Bonchev–Trinajstić information content (AvgIpc) is 2.69. The summed E-state index contributed by atoms with van der Waals surface area (Å²) in [5, 5.41) is 8.96. The first-order valence-electron chi connectivity index (χ1n) is 9.37. The molecule has 10 heteroatoms. The fourth-order valence-electron chi connectivity index (χ4n) is 3.47. The summed E-state index contributed by atoms with van der Waals surface area (Å²) in [6, 6.07) is 8.73. The smallest absolute Gasteiger partial charge is 0.417 e. The van der Waals surface area contributed by atoms with Crippen molar-refractivity contribution in [1.82, 2.24) is 9.29 Å². The lowest BCUT2D eigenvalue weighted by atomic mass is 10.1. The van der Waals surface area contributed by atoms with Crippen molar-refractivity contribution < 1.29 is 27.3 Å². The maximum Gasteiger partial charge on any atom is 0.417 e. The summed E-state index contributed by atoms with van der Waals surface area (Å²) in [4.78, 5) is 17.3. The van der Waals surface area contributed by atoms with Crippen LogP contribution in [-0.4, -0.2) is 49.7 Å². The summed E-state index contributed by atoms with van der Waals surface area (Å²) in [5.74, 6) is -0.520. The Balaban J connectivity index is 1.75. The van der Waals surface area contributed by atoms with E-state index in [1.807, 2.05) is 23.1 Å². The molecular weight excluding hydrogens is 419 g/mol. The third-order valence-corrected chi connectivity index (χ3v) is 6.84. The molecule has 3 unspecified atom stereocenters. The number of aromatic nitrogens is 1. The van der Waals surface area contributed by atoms with Gasteiger partial charge in [0, 0.05) is 31.4 Å². The Morgan fingerprint density at radius 2 is 1.93 bits per heavy atom. The fraction of sp³-hybridized carbons (Fsp3) is 0.400. The first-order chi connectivity index (χ1) is 14.1. The van der Waals surface area contributed by atoms with Crippen LogP contribution in [0.3, 0.4) is 0 Å². The van der Waals surface area contributed by atoms with E-state index < -0.39 is 28.7 Å². The molecule has 1 aromatic carbocycles. The van der Waals surface area contributed by atoms with Gasteiger partial charge in [0.2, 0.25) is 0 Å². The number of hydrogen-bond donors (Lipinski definition) is 1. The fourth-order valence-corrected chi connectivity index (χ4v) is 4.91. The van der Waals surface area contributed by atoms with Gasteiger partial charge in [-0.05, 0) is 43.7 Å². The minimum Gasteiger partial charge on any atom is -0.481 e. The Morgan fingerprint density at radius 3 is 2.53 bits per heavy atom. The van der Waals surface area contributed by atoms with Gasteiger partial charge in [-0.15, -0.1) is 0 Å². The van der Waals surface area contributed by atoms with Crippen molar-refractivity contribution in [2.24, 2.45) is 0 Å². The van der Waals surface area contributed by atoms with E-state index in [-0.39, 0.29) is 18.5 Å². The lowest BCUT2D eigenvalue weighted by Crippen LogP contribution is -2.58. The average molecular weight is 441 g/mol. The van der Waals surface area contributed by atoms with Crippen molar-refractivity contribution in [3.05, 3.63) is 53.7 Å². The number of nitrogens with zero attached hydrogens (tertiary/aromatic N) is 3. The molecule has 0 bridgehead atoms. The van der Waals surface area contributed by atoms with Gasteiger partial charge in [-0.25, -0.2) is 13.5 Å². The molecule has 1 aliphatic rings. The van der Waals surface area contributed by atoms with Crippen molar-refractivity contribution in [3.63, 3.8) is 0 Å². The Bertz CT molecular complexity index is 937. The molecular formula is C20H22F3N3O3S. The highest BCUT2D eigenvalue weighted by Crippen LogP contribution is 2.31. The van der Waals surface area contributed by atoms with E-state index in [9.17, 15) is 22.2 Å². The molecule has 2 aromatic rings. The summed E-state index contributed by atoms with van der Waals surface area (Å²) in [6.07, 6.45) is -3.76. The summed E-state index contributed by atoms with van der Waals surface area (Å²) >= 11 is 0. The standard InChI is InChI=1S/C20H22F3N3O3S/c1-13-14(2)26(30(29)17-5-3-4-15(10-17)11-19(27)28)9-8-25(13)18-7-6-16(12-24-18)20(21,22)23/h3-7,10,12-14H,8-9,11H2,1-2H3,(H,27,28). The van der Waals surface area contributed by atoms with Gasteiger partial charge in [-0.3, -0.25) is 4.79 Å². The predicted molar refractivity (Wildman–Crippen MR) is 106 cm³/mol. The first-order valence-corrected chi connectivity index (χ1v) is 10.5. The molecule has 0 radical (unpaired) electrons. The van der Waals surface area contributed by atoms with Crippen LogP contribution in [0.5, 0.6) is 0 Å². The molecule has 1 aliphatic heterocycles. The van der Waals surface area contributed by atoms with Gasteiger partial charge in [-0.1, -0.05) is 12.1 Å². The minimum absolute atomic E-state index is 0.144. The first kappa shape index (κ1) is 22.2. The van der Waals surface area contributed by atoms with Crippen LogP contribution >= 0.6 is 0 Å². The zero-order valence-corrected chi connectivity index (χ0v) is 17.3. The summed E-state index contributed by atoms with van der Waals surface area (Å²) in [5.41, 5.74) is -0.227. The SMILES string of the molecule is CC1C(C)N(S(=O)c2cccc(CC(=O)O)c2)CCN1c1ccc(C(F)(F)F)cn1. The minimum atomic E-state index is -4.44. The van der Waals surface area contributed by atoms with Gasteiger partial charge >= 0.3 is 12.1 Å². The van der Waals surface area contributed by atoms with Gasteiger partial charge < -0.3 is 10.0 Å². The summed E-state index contributed by atoms with van der Waals surface area (Å²) in [6.45, 7) is 4.68. The number of piperazine rings is 1. The van der Waals surface area contributed by atoms with Gasteiger partial charge in [0.15, 0.2) is 0 Å². The number of carboxylic acid groups (broad SMARTS) is 1. The monoisotopic (exact) mass is 441 g/mol. The van der Waals surface area contributed by atoms with E-state index >= 15 is 0 Å². The Morgan fingerprint density at radius 1 is 1.20 bits per heavy atom. The molecule has 0 aliphatic carbocycles. The van der Waals surface area contributed by atoms with Crippen LogP contribution < -0.4 is 4.90 Å². The van der Waals surface area contributed by atoms with E-state index in [1.165, 1.54) is 6.07 Å². The van der Waals surface area contributed by atoms with E-state index in [4.69, 9.17) is 5.11 Å². The van der Waals surface area contributed by atoms with E-state index in [1.54, 1.807) is 24.3 Å². The zero-order valence-electron chi connectivity index (χ0n) is 16.5. The number of anilines is 1. The topological polar surface area (TPSA) is 73.7 Å². The lowest BCUT2D eigenvalue weighted by Gasteiger charge is -2.44. The third kappa shape index (κ3) is 4.81. The molecule has 1 N–H and O–H groups in total. The molecule has 1 saturated heterocycles. The van der Waals surface area contributed by atoms with Crippen molar-refractivity contribution in [3.8, 4) is 0 Å². The number of halogens is 3. The number of pyridine rings is 1. The van der Waals surface area contributed by atoms with Crippen LogP contribution in [0.4, 0.5) is 19.0 Å². The highest BCUT2D eigenvalue weighted by atomic mass is 32.2. The number of rotatable bonds is 5. The summed E-state index contributed by atoms with van der Waals surface area (Å²) < 4.78 is 53.3. The normalized spacial score (nSPS) is 21.4. The molecule has 2 heterocycles. The van der Waals surface area contributed by atoms with E-state index in [2.05, 4.69) is 4.98 Å². The van der Waals surface area contributed by atoms with Crippen molar-refractivity contribution >= 4 is 22.8 Å². The number of alkyl halides is 3. The highest BCUT2D eigenvalue weighted by molar-refractivity contribution is 7.82. The predicted octanol–water partition coefficient (Wildman–Crippen LogP) is 3.35. The van der Waals surface area contributed by atoms with Gasteiger partial charge in [0.25, 0.3) is 0 Å². The molecule has 0 amide bonds. The van der Waals surface area contributed by atoms with Crippen LogP contribution in [0.25, 0.3) is 0 Å². The largest absolute Gasteiger partial charge is 0.481 e. The highest BCUT2D eigenvalue weighted by Gasteiger charge is 2.36. The van der Waals surface area contributed by atoms with Gasteiger partial charge in [-0.2, -0.15) is 13.2 Å². The zero-order chi connectivity index (χ0) is 22.1. The van der Waals surface area contributed by atoms with Crippen LogP contribution in [0.2, 0.25) is 0 Å². The number of benzene rings is 1. The number of aliphatic carboxylic acids is 1. The quantitative estimate of drug-likeness (QED) is 0.771.